The fraction of sp³-hybridized carbons (Fsp3) is 0.429. The van der Waals surface area contributed by atoms with Crippen molar-refractivity contribution in [1.82, 2.24) is 9.88 Å². The SMILES string of the molecule is CCOC(=O)CCC(Oc1ccccc1)N1CCN(c2ccncc2)CC1[N+](=O)[O-]. The summed E-state index contributed by atoms with van der Waals surface area (Å²) in [6, 6.07) is 12.8. The Hall–Kier alpha value is -3.20. The van der Waals surface area contributed by atoms with Crippen LogP contribution in [0.1, 0.15) is 19.8 Å². The molecule has 3 rings (SSSR count). The molecule has 1 aromatic carbocycles. The molecule has 2 unspecified atom stereocenters. The van der Waals surface area contributed by atoms with Crippen LogP contribution in [0.15, 0.2) is 54.9 Å². The lowest BCUT2D eigenvalue weighted by atomic mass is 10.2. The van der Waals surface area contributed by atoms with E-state index in [9.17, 15) is 14.9 Å². The zero-order chi connectivity index (χ0) is 21.3. The number of hydrogen-bond donors (Lipinski definition) is 0. The third kappa shape index (κ3) is 5.66. The van der Waals surface area contributed by atoms with E-state index in [1.807, 2.05) is 35.2 Å². The first kappa shape index (κ1) is 21.5. The van der Waals surface area contributed by atoms with Crippen LogP contribution in [0.25, 0.3) is 0 Å². The maximum absolute atomic E-state index is 11.9. The quantitative estimate of drug-likeness (QED) is 0.351. The number of nitrogens with zero attached hydrogens (tertiary/aromatic N) is 4. The number of anilines is 1. The largest absolute Gasteiger partial charge is 0.475 e. The number of carbonyl (C=O) groups is 1. The van der Waals surface area contributed by atoms with Gasteiger partial charge in [0.05, 0.1) is 13.0 Å². The maximum Gasteiger partial charge on any atom is 0.305 e. The Labute approximate surface area is 175 Å². The number of benzene rings is 1. The predicted molar refractivity (Wildman–Crippen MR) is 111 cm³/mol. The Morgan fingerprint density at radius 3 is 2.63 bits per heavy atom. The molecule has 0 saturated carbocycles. The second-order valence-corrected chi connectivity index (χ2v) is 6.88. The highest BCUT2D eigenvalue weighted by Crippen LogP contribution is 2.24. The summed E-state index contributed by atoms with van der Waals surface area (Å²) in [6.45, 7) is 3.28. The second kappa shape index (κ2) is 10.5. The number of aromatic nitrogens is 1. The Morgan fingerprint density at radius 1 is 1.23 bits per heavy atom. The van der Waals surface area contributed by atoms with Crippen molar-refractivity contribution in [2.45, 2.75) is 32.2 Å². The fourth-order valence-electron chi connectivity index (χ4n) is 3.51. The number of nitro groups is 1. The molecule has 2 heterocycles. The molecule has 0 radical (unpaired) electrons. The van der Waals surface area contributed by atoms with Gasteiger partial charge in [0.25, 0.3) is 6.17 Å². The van der Waals surface area contributed by atoms with E-state index in [-0.39, 0.29) is 23.9 Å². The van der Waals surface area contributed by atoms with Gasteiger partial charge in [-0.15, -0.1) is 0 Å². The lowest BCUT2D eigenvalue weighted by Crippen LogP contribution is -2.60. The van der Waals surface area contributed by atoms with Gasteiger partial charge in [-0.25, -0.2) is 4.90 Å². The van der Waals surface area contributed by atoms with Gasteiger partial charge >= 0.3 is 5.97 Å². The van der Waals surface area contributed by atoms with Crippen LogP contribution < -0.4 is 9.64 Å². The minimum absolute atomic E-state index is 0.125. The minimum Gasteiger partial charge on any atom is -0.475 e. The van der Waals surface area contributed by atoms with Crippen LogP contribution in [-0.2, 0) is 9.53 Å². The van der Waals surface area contributed by atoms with E-state index in [0.29, 0.717) is 31.9 Å². The molecule has 0 aliphatic carbocycles. The molecule has 1 fully saturated rings. The van der Waals surface area contributed by atoms with E-state index in [1.165, 1.54) is 0 Å². The molecule has 1 saturated heterocycles. The van der Waals surface area contributed by atoms with Crippen molar-refractivity contribution >= 4 is 11.7 Å². The summed E-state index contributed by atoms with van der Waals surface area (Å²) in [5.41, 5.74) is 0.892. The van der Waals surface area contributed by atoms with Crippen LogP contribution in [0, 0.1) is 10.1 Å². The van der Waals surface area contributed by atoms with Gasteiger partial charge in [-0.1, -0.05) is 18.2 Å². The van der Waals surface area contributed by atoms with Crippen molar-refractivity contribution in [3.05, 3.63) is 65.0 Å². The van der Waals surface area contributed by atoms with E-state index in [4.69, 9.17) is 9.47 Å². The Balaban J connectivity index is 1.77. The highest BCUT2D eigenvalue weighted by Gasteiger charge is 2.40. The van der Waals surface area contributed by atoms with Gasteiger partial charge in [-0.05, 0) is 31.2 Å². The topological polar surface area (TPSA) is 98.0 Å². The van der Waals surface area contributed by atoms with E-state index in [1.54, 1.807) is 36.4 Å². The molecule has 9 nitrogen and oxygen atoms in total. The summed E-state index contributed by atoms with van der Waals surface area (Å²) in [5.74, 6) is 0.261. The number of piperazine rings is 1. The molecule has 30 heavy (non-hydrogen) atoms. The smallest absolute Gasteiger partial charge is 0.305 e. The Bertz CT molecular complexity index is 821. The van der Waals surface area contributed by atoms with Gasteiger partial charge in [0, 0.05) is 42.5 Å². The fourth-order valence-corrected chi connectivity index (χ4v) is 3.51. The molecular formula is C21H26N4O5. The molecule has 0 N–H and O–H groups in total. The zero-order valence-electron chi connectivity index (χ0n) is 16.9. The van der Waals surface area contributed by atoms with Gasteiger partial charge in [0.1, 0.15) is 12.3 Å². The van der Waals surface area contributed by atoms with Crippen molar-refractivity contribution < 1.29 is 19.2 Å². The molecule has 1 aliphatic heterocycles. The van der Waals surface area contributed by atoms with E-state index in [0.717, 1.165) is 5.69 Å². The molecule has 0 amide bonds. The van der Waals surface area contributed by atoms with E-state index >= 15 is 0 Å². The second-order valence-electron chi connectivity index (χ2n) is 6.88. The molecule has 2 atom stereocenters. The maximum atomic E-state index is 11.9. The molecule has 0 spiro atoms. The summed E-state index contributed by atoms with van der Waals surface area (Å²) >= 11 is 0. The Kier molecular flexibility index (Phi) is 7.56. The number of carbonyl (C=O) groups excluding carboxylic acids is 1. The van der Waals surface area contributed by atoms with Crippen LogP contribution in [0.2, 0.25) is 0 Å². The van der Waals surface area contributed by atoms with Crippen molar-refractivity contribution in [3.8, 4) is 5.75 Å². The summed E-state index contributed by atoms with van der Waals surface area (Å²) in [6.07, 6.45) is 2.18. The first-order valence-corrected chi connectivity index (χ1v) is 10.00. The molecular weight excluding hydrogens is 388 g/mol. The normalized spacial score (nSPS) is 17.9. The first-order chi connectivity index (χ1) is 14.6. The van der Waals surface area contributed by atoms with E-state index < -0.39 is 12.4 Å². The van der Waals surface area contributed by atoms with Gasteiger partial charge in [0.15, 0.2) is 6.23 Å². The summed E-state index contributed by atoms with van der Waals surface area (Å²) in [4.78, 5) is 31.2. The average molecular weight is 414 g/mol. The predicted octanol–water partition coefficient (Wildman–Crippen LogP) is 2.55. The van der Waals surface area contributed by atoms with Crippen molar-refractivity contribution in [2.24, 2.45) is 0 Å². The lowest BCUT2D eigenvalue weighted by molar-refractivity contribution is -0.554. The van der Waals surface area contributed by atoms with Gasteiger partial charge in [-0.3, -0.25) is 19.9 Å². The van der Waals surface area contributed by atoms with Crippen LogP contribution in [0.4, 0.5) is 5.69 Å². The number of rotatable bonds is 9. The Morgan fingerprint density at radius 2 is 1.97 bits per heavy atom. The summed E-state index contributed by atoms with van der Waals surface area (Å²) < 4.78 is 11.1. The first-order valence-electron chi connectivity index (χ1n) is 10.00. The van der Waals surface area contributed by atoms with Crippen molar-refractivity contribution in [1.29, 1.82) is 0 Å². The number of para-hydroxylation sites is 1. The molecule has 1 aliphatic rings. The van der Waals surface area contributed by atoms with Crippen LogP contribution >= 0.6 is 0 Å². The number of hydrogen-bond acceptors (Lipinski definition) is 8. The van der Waals surface area contributed by atoms with Gasteiger partial charge in [-0.2, -0.15) is 0 Å². The number of pyridine rings is 1. The average Bonchev–Trinajstić information content (AvgIpc) is 2.77. The minimum atomic E-state index is -0.970. The highest BCUT2D eigenvalue weighted by atomic mass is 16.6. The highest BCUT2D eigenvalue weighted by molar-refractivity contribution is 5.69. The zero-order valence-corrected chi connectivity index (χ0v) is 16.9. The third-order valence-corrected chi connectivity index (χ3v) is 4.95. The number of esters is 1. The molecule has 1 aromatic heterocycles. The molecule has 160 valence electrons. The summed E-state index contributed by atoms with van der Waals surface area (Å²) in [5, 5.41) is 11.9. The standard InChI is InChI=1S/C21H26N4O5/c1-2-29-21(26)9-8-20(30-18-6-4-3-5-7-18)24-15-14-23(16-19(24)25(27)28)17-10-12-22-13-11-17/h3-7,10-13,19-20H,2,8-9,14-16H2,1H3. The van der Waals surface area contributed by atoms with Gasteiger partial charge < -0.3 is 14.4 Å². The molecule has 9 heteroatoms. The third-order valence-electron chi connectivity index (χ3n) is 4.95. The molecule has 2 aromatic rings. The molecule has 0 bridgehead atoms. The van der Waals surface area contributed by atoms with Crippen molar-refractivity contribution in [3.63, 3.8) is 0 Å². The van der Waals surface area contributed by atoms with Gasteiger partial charge in [0.2, 0.25) is 0 Å². The summed E-state index contributed by atoms with van der Waals surface area (Å²) in [7, 11) is 0. The van der Waals surface area contributed by atoms with Crippen LogP contribution in [0.5, 0.6) is 5.75 Å². The van der Waals surface area contributed by atoms with E-state index in [2.05, 4.69) is 4.98 Å². The van der Waals surface area contributed by atoms with Crippen LogP contribution in [0.3, 0.4) is 0 Å². The van der Waals surface area contributed by atoms with Crippen molar-refractivity contribution in [2.75, 3.05) is 31.1 Å². The lowest BCUT2D eigenvalue weighted by Gasteiger charge is -2.41. The van der Waals surface area contributed by atoms with Crippen LogP contribution in [-0.4, -0.2) is 59.4 Å². The monoisotopic (exact) mass is 414 g/mol. The number of ether oxygens (including phenoxy) is 2.